The Kier molecular flexibility index (Phi) is 7.55. The highest BCUT2D eigenvalue weighted by molar-refractivity contribution is 6.30. The van der Waals surface area contributed by atoms with Crippen molar-refractivity contribution in [3.8, 4) is 0 Å². The number of piperidine rings is 1. The Morgan fingerprint density at radius 3 is 2.48 bits per heavy atom. The maximum Gasteiger partial charge on any atom is 0.240 e. The van der Waals surface area contributed by atoms with E-state index in [1.54, 1.807) is 0 Å². The Morgan fingerprint density at radius 2 is 1.90 bits per heavy atom. The minimum atomic E-state index is -0.651. The van der Waals surface area contributed by atoms with E-state index in [1.807, 2.05) is 38.1 Å². The lowest BCUT2D eigenvalue weighted by atomic mass is 9.90. The maximum atomic E-state index is 12.9. The lowest BCUT2D eigenvalue weighted by molar-refractivity contribution is -0.130. The number of halogens is 1. The van der Waals surface area contributed by atoms with Gasteiger partial charge in [0, 0.05) is 11.6 Å². The molecule has 0 spiro atoms. The highest BCUT2D eigenvalue weighted by atomic mass is 35.5. The molecule has 0 bridgehead atoms. The Bertz CT molecular complexity index is 706. The predicted molar refractivity (Wildman–Crippen MR) is 113 cm³/mol. The van der Waals surface area contributed by atoms with E-state index < -0.39 is 18.0 Å². The van der Waals surface area contributed by atoms with Gasteiger partial charge in [-0.2, -0.15) is 0 Å². The van der Waals surface area contributed by atoms with Gasteiger partial charge in [-0.3, -0.25) is 14.9 Å². The van der Waals surface area contributed by atoms with Gasteiger partial charge in [-0.05, 0) is 61.6 Å². The van der Waals surface area contributed by atoms with Crippen LogP contribution in [0.4, 0.5) is 0 Å². The molecule has 7 heteroatoms. The molecule has 1 aliphatic heterocycles. The molecule has 0 aromatic heterocycles. The van der Waals surface area contributed by atoms with Crippen LogP contribution in [0.25, 0.3) is 0 Å². The van der Waals surface area contributed by atoms with Gasteiger partial charge in [0.25, 0.3) is 0 Å². The second-order valence-corrected chi connectivity index (χ2v) is 9.17. The van der Waals surface area contributed by atoms with Crippen LogP contribution in [0.1, 0.15) is 57.6 Å². The van der Waals surface area contributed by atoms with E-state index >= 15 is 0 Å². The van der Waals surface area contributed by atoms with Crippen molar-refractivity contribution in [2.24, 2.45) is 17.6 Å². The van der Waals surface area contributed by atoms with Crippen molar-refractivity contribution in [1.82, 2.24) is 10.6 Å². The van der Waals surface area contributed by atoms with E-state index in [2.05, 4.69) is 10.6 Å². The molecule has 2 fully saturated rings. The second-order valence-electron chi connectivity index (χ2n) is 8.73. The maximum absolute atomic E-state index is 12.9. The zero-order valence-corrected chi connectivity index (χ0v) is 18.0. The summed E-state index contributed by atoms with van der Waals surface area (Å²) in [4.78, 5) is 24.6. The van der Waals surface area contributed by atoms with Crippen LogP contribution in [0.15, 0.2) is 24.3 Å². The number of carbonyl (C=O) groups is 2. The topological polar surface area (TPSA) is 93.4 Å². The van der Waals surface area contributed by atoms with Crippen LogP contribution in [0.2, 0.25) is 5.02 Å². The zero-order chi connectivity index (χ0) is 21.0. The van der Waals surface area contributed by atoms with Gasteiger partial charge >= 0.3 is 0 Å². The molecule has 3 unspecified atom stereocenters. The largest absolute Gasteiger partial charge is 0.376 e. The van der Waals surface area contributed by atoms with Crippen molar-refractivity contribution in [3.05, 3.63) is 34.9 Å². The second kappa shape index (κ2) is 9.92. The molecule has 1 saturated carbocycles. The Morgan fingerprint density at radius 1 is 1.21 bits per heavy atom. The molecule has 29 heavy (non-hydrogen) atoms. The van der Waals surface area contributed by atoms with Crippen molar-refractivity contribution in [3.63, 3.8) is 0 Å². The monoisotopic (exact) mass is 421 g/mol. The van der Waals surface area contributed by atoms with E-state index in [0.29, 0.717) is 23.8 Å². The molecule has 1 aliphatic carbocycles. The van der Waals surface area contributed by atoms with E-state index in [4.69, 9.17) is 22.1 Å². The van der Waals surface area contributed by atoms with Crippen LogP contribution in [0, 0.1) is 11.8 Å². The minimum Gasteiger partial charge on any atom is -0.376 e. The number of primary amides is 1. The number of benzene rings is 1. The number of ether oxygens (including phenoxy) is 1. The van der Waals surface area contributed by atoms with Gasteiger partial charge in [-0.1, -0.05) is 37.6 Å². The van der Waals surface area contributed by atoms with Crippen LogP contribution in [0.5, 0.6) is 0 Å². The van der Waals surface area contributed by atoms with Crippen LogP contribution in [-0.2, 0) is 14.3 Å². The number of hydrogen-bond acceptors (Lipinski definition) is 4. The summed E-state index contributed by atoms with van der Waals surface area (Å²) in [7, 11) is 0. The first-order chi connectivity index (χ1) is 13.8. The Labute approximate surface area is 177 Å². The van der Waals surface area contributed by atoms with Gasteiger partial charge in [0.15, 0.2) is 0 Å². The van der Waals surface area contributed by atoms with Crippen molar-refractivity contribution in [2.75, 3.05) is 6.61 Å². The number of carbonyl (C=O) groups excluding carboxylic acids is 2. The summed E-state index contributed by atoms with van der Waals surface area (Å²) in [5, 5.41) is 6.96. The summed E-state index contributed by atoms with van der Waals surface area (Å²) < 4.78 is 6.20. The molecule has 0 radical (unpaired) electrons. The number of nitrogens with one attached hydrogen (secondary N) is 2. The molecule has 1 aromatic rings. The first-order valence-electron chi connectivity index (χ1n) is 10.6. The highest BCUT2D eigenvalue weighted by Crippen LogP contribution is 2.34. The summed E-state index contributed by atoms with van der Waals surface area (Å²) in [6.07, 6.45) is 4.43. The molecule has 4 atom stereocenters. The average molecular weight is 422 g/mol. The van der Waals surface area contributed by atoms with E-state index in [-0.39, 0.29) is 24.0 Å². The molecule has 4 N–H and O–H groups in total. The van der Waals surface area contributed by atoms with Gasteiger partial charge in [0.1, 0.15) is 6.04 Å². The molecule has 1 aromatic carbocycles. The summed E-state index contributed by atoms with van der Waals surface area (Å²) in [5.74, 6) is 0.250. The van der Waals surface area contributed by atoms with E-state index in [0.717, 1.165) is 18.6 Å². The first kappa shape index (κ1) is 22.1. The fraction of sp³-hybridized carbons (Fsp3) is 0.636. The summed E-state index contributed by atoms with van der Waals surface area (Å²) in [6.45, 7) is 4.77. The third-order valence-electron chi connectivity index (χ3n) is 5.65. The van der Waals surface area contributed by atoms with Crippen molar-refractivity contribution in [2.45, 2.75) is 70.2 Å². The quantitative estimate of drug-likeness (QED) is 0.571. The van der Waals surface area contributed by atoms with E-state index in [9.17, 15) is 9.59 Å². The van der Waals surface area contributed by atoms with Crippen LogP contribution >= 0.6 is 11.6 Å². The van der Waals surface area contributed by atoms with Gasteiger partial charge in [0.2, 0.25) is 11.8 Å². The zero-order valence-electron chi connectivity index (χ0n) is 17.2. The molecular weight excluding hydrogens is 390 g/mol. The van der Waals surface area contributed by atoms with Gasteiger partial charge in [0.05, 0.1) is 18.2 Å². The SMILES string of the molecule is CC(C)C[C@H](NC(=O)C1CCC(OCC2CC2)C(c2ccc(Cl)cc2)N1)C(N)=O. The van der Waals surface area contributed by atoms with E-state index in [1.165, 1.54) is 12.8 Å². The van der Waals surface area contributed by atoms with Crippen molar-refractivity contribution in [1.29, 1.82) is 0 Å². The smallest absolute Gasteiger partial charge is 0.240 e. The summed E-state index contributed by atoms with van der Waals surface area (Å²) in [6, 6.07) is 6.50. The molecule has 2 aliphatic rings. The van der Waals surface area contributed by atoms with Crippen molar-refractivity contribution >= 4 is 23.4 Å². The van der Waals surface area contributed by atoms with Crippen molar-refractivity contribution < 1.29 is 14.3 Å². The first-order valence-corrected chi connectivity index (χ1v) is 10.9. The molecule has 2 amide bonds. The lowest BCUT2D eigenvalue weighted by Gasteiger charge is -2.37. The molecule has 6 nitrogen and oxygen atoms in total. The standard InChI is InChI=1S/C22H32ClN3O3/c1-13(2)11-18(21(24)27)26-22(28)17-9-10-19(29-12-14-3-4-14)20(25-17)15-5-7-16(23)8-6-15/h5-8,13-14,17-20,25H,3-4,9-12H2,1-2H3,(H2,24,27)(H,26,28)/t17?,18-,19?,20?/m0/s1. The average Bonchev–Trinajstić information content (AvgIpc) is 3.50. The molecule has 1 heterocycles. The minimum absolute atomic E-state index is 0.00317. The van der Waals surface area contributed by atoms with Gasteiger partial charge in [-0.25, -0.2) is 0 Å². The van der Waals surface area contributed by atoms with Gasteiger partial charge < -0.3 is 15.8 Å². The molecule has 3 rings (SSSR count). The Hall–Kier alpha value is -1.63. The van der Waals surface area contributed by atoms with Crippen LogP contribution in [-0.4, -0.2) is 36.6 Å². The molecular formula is C22H32ClN3O3. The molecule has 1 saturated heterocycles. The number of amides is 2. The highest BCUT2D eigenvalue weighted by Gasteiger charge is 2.36. The summed E-state index contributed by atoms with van der Waals surface area (Å²) >= 11 is 6.05. The third kappa shape index (κ3) is 6.43. The number of rotatable bonds is 9. The predicted octanol–water partition coefficient (Wildman–Crippen LogP) is 2.94. The van der Waals surface area contributed by atoms with Crippen LogP contribution < -0.4 is 16.4 Å². The number of hydrogen-bond donors (Lipinski definition) is 3. The summed E-state index contributed by atoms with van der Waals surface area (Å²) in [5.41, 5.74) is 6.53. The fourth-order valence-electron chi connectivity index (χ4n) is 3.81. The third-order valence-corrected chi connectivity index (χ3v) is 5.90. The molecule has 160 valence electrons. The van der Waals surface area contributed by atoms with Crippen LogP contribution in [0.3, 0.4) is 0 Å². The van der Waals surface area contributed by atoms with Gasteiger partial charge in [-0.15, -0.1) is 0 Å². The lowest BCUT2D eigenvalue weighted by Crippen LogP contribution is -2.56. The number of nitrogens with two attached hydrogens (primary N) is 1. The normalized spacial score (nSPS) is 25.6. The fourth-order valence-corrected chi connectivity index (χ4v) is 3.93. The Balaban J connectivity index is 1.68.